The molecule has 0 aliphatic heterocycles. The first kappa shape index (κ1) is 26.2. The second-order valence-electron chi connectivity index (χ2n) is 9.16. The molecule has 0 saturated carbocycles. The minimum Gasteiger partial charge on any atom is -0.464 e. The highest BCUT2D eigenvalue weighted by atomic mass is 16.5. The van der Waals surface area contributed by atoms with Crippen LogP contribution in [0, 0.1) is 5.92 Å². The van der Waals surface area contributed by atoms with Crippen LogP contribution in [0.4, 0.5) is 11.4 Å². The molecule has 0 fully saturated rings. The van der Waals surface area contributed by atoms with Crippen molar-refractivity contribution in [3.63, 3.8) is 0 Å². The van der Waals surface area contributed by atoms with Gasteiger partial charge in [-0.25, -0.2) is 9.78 Å². The van der Waals surface area contributed by atoms with E-state index in [1.54, 1.807) is 17.9 Å². The molecule has 2 N–H and O–H groups in total. The molecule has 0 spiro atoms. The topological polar surface area (TPSA) is 94.5 Å². The summed E-state index contributed by atoms with van der Waals surface area (Å²) in [5.74, 6) is -0.175. The number of nitrogens with zero attached hydrogens (tertiary/aromatic N) is 2. The second kappa shape index (κ2) is 12.4. The Morgan fingerprint density at radius 3 is 2.51 bits per heavy atom. The molecule has 1 amide bonds. The van der Waals surface area contributed by atoms with Crippen molar-refractivity contribution in [3.05, 3.63) is 53.9 Å². The highest BCUT2D eigenvalue weighted by Crippen LogP contribution is 2.33. The van der Waals surface area contributed by atoms with Crippen molar-refractivity contribution in [2.45, 2.75) is 52.6 Å². The Morgan fingerprint density at radius 1 is 1.11 bits per heavy atom. The van der Waals surface area contributed by atoms with E-state index in [4.69, 9.17) is 9.47 Å². The minimum atomic E-state index is -0.542. The quantitative estimate of drug-likeness (QED) is 0.359. The number of anilines is 2. The summed E-state index contributed by atoms with van der Waals surface area (Å²) in [5, 5.41) is 7.14. The number of methoxy groups -OCH3 is 2. The fourth-order valence-corrected chi connectivity index (χ4v) is 4.29. The fraction of sp³-hybridized carbons (Fsp3) is 0.444. The number of benzene rings is 1. The van der Waals surface area contributed by atoms with Crippen molar-refractivity contribution in [1.29, 1.82) is 0 Å². The molecular formula is C27H36N4O4. The molecule has 1 atom stereocenters. The van der Waals surface area contributed by atoms with Crippen LogP contribution in [-0.4, -0.2) is 48.3 Å². The first-order valence-electron chi connectivity index (χ1n) is 12.0. The van der Waals surface area contributed by atoms with E-state index >= 15 is 0 Å². The lowest BCUT2D eigenvalue weighted by atomic mass is 10.1. The highest BCUT2D eigenvalue weighted by Gasteiger charge is 2.26. The van der Waals surface area contributed by atoms with Gasteiger partial charge in [-0.2, -0.15) is 0 Å². The zero-order chi connectivity index (χ0) is 25.4. The molecule has 3 rings (SSSR count). The molecule has 2 aromatic heterocycles. The maximum absolute atomic E-state index is 13.0. The summed E-state index contributed by atoms with van der Waals surface area (Å²) < 4.78 is 12.1. The number of esters is 1. The van der Waals surface area contributed by atoms with E-state index in [-0.39, 0.29) is 24.1 Å². The van der Waals surface area contributed by atoms with Gasteiger partial charge in [0.1, 0.15) is 5.65 Å². The Morgan fingerprint density at radius 2 is 1.86 bits per heavy atom. The molecule has 35 heavy (non-hydrogen) atoms. The molecule has 1 aromatic carbocycles. The Balaban J connectivity index is 1.99. The number of carbonyl (C=O) groups is 2. The van der Waals surface area contributed by atoms with Gasteiger partial charge in [0.2, 0.25) is 5.91 Å². The number of fused-ring (bicyclic) bond motifs is 1. The number of nitrogens with one attached hydrogen (secondary N) is 2. The summed E-state index contributed by atoms with van der Waals surface area (Å²) >= 11 is 0. The summed E-state index contributed by atoms with van der Waals surface area (Å²) in [5.41, 5.74) is 3.15. The molecule has 188 valence electrons. The average Bonchev–Trinajstić information content (AvgIpc) is 3.13. The van der Waals surface area contributed by atoms with Gasteiger partial charge in [-0.1, -0.05) is 44.2 Å². The second-order valence-corrected chi connectivity index (χ2v) is 9.16. The fourth-order valence-electron chi connectivity index (χ4n) is 4.29. The largest absolute Gasteiger partial charge is 0.464 e. The van der Waals surface area contributed by atoms with Crippen LogP contribution in [0.15, 0.2) is 42.6 Å². The third-order valence-electron chi connectivity index (χ3n) is 5.78. The summed E-state index contributed by atoms with van der Waals surface area (Å²) in [7, 11) is 2.93. The van der Waals surface area contributed by atoms with E-state index in [0.29, 0.717) is 42.2 Å². The van der Waals surface area contributed by atoms with Crippen molar-refractivity contribution < 1.29 is 19.1 Å². The number of aromatic nitrogens is 2. The lowest BCUT2D eigenvalue weighted by Gasteiger charge is -2.17. The standard InChI is InChI=1S/C27H36N4O4/c1-18(2)15-19(3)29-21-16-22-24(30-23(32)12-11-20-9-7-6-8-10-20)25(27(33)35-5)31(13-14-34-4)26(22)28-17-21/h6-10,16-19,29H,11-15H2,1-5H3,(H,30,32)/t19-/m1/s1. The Hall–Kier alpha value is -3.39. The third kappa shape index (κ3) is 6.82. The maximum atomic E-state index is 13.0. The molecule has 0 bridgehead atoms. The average molecular weight is 481 g/mol. The number of aryl methyl sites for hydroxylation is 1. The van der Waals surface area contributed by atoms with Gasteiger partial charge >= 0.3 is 5.97 Å². The van der Waals surface area contributed by atoms with Crippen LogP contribution in [0.1, 0.15) is 49.7 Å². The number of carbonyl (C=O) groups excluding carboxylic acids is 2. The zero-order valence-corrected chi connectivity index (χ0v) is 21.3. The first-order chi connectivity index (χ1) is 16.8. The number of hydrogen-bond donors (Lipinski definition) is 2. The van der Waals surface area contributed by atoms with Crippen molar-refractivity contribution in [1.82, 2.24) is 9.55 Å². The predicted molar refractivity (Wildman–Crippen MR) is 139 cm³/mol. The lowest BCUT2D eigenvalue weighted by molar-refractivity contribution is -0.116. The van der Waals surface area contributed by atoms with E-state index in [1.807, 2.05) is 36.4 Å². The number of ether oxygens (including phenoxy) is 2. The maximum Gasteiger partial charge on any atom is 0.356 e. The third-order valence-corrected chi connectivity index (χ3v) is 5.78. The number of pyridine rings is 1. The molecule has 3 aromatic rings. The van der Waals surface area contributed by atoms with Crippen LogP contribution >= 0.6 is 0 Å². The van der Waals surface area contributed by atoms with E-state index in [2.05, 4.69) is 36.4 Å². The van der Waals surface area contributed by atoms with Crippen LogP contribution in [0.2, 0.25) is 0 Å². The van der Waals surface area contributed by atoms with Crippen LogP contribution in [0.3, 0.4) is 0 Å². The van der Waals surface area contributed by atoms with E-state index in [1.165, 1.54) is 7.11 Å². The van der Waals surface area contributed by atoms with Crippen molar-refractivity contribution >= 4 is 34.3 Å². The van der Waals surface area contributed by atoms with Crippen LogP contribution in [-0.2, 0) is 27.2 Å². The van der Waals surface area contributed by atoms with Gasteiger partial charge in [0.25, 0.3) is 0 Å². The number of hydrogen-bond acceptors (Lipinski definition) is 6. The van der Waals surface area contributed by atoms with Crippen molar-refractivity contribution in [2.24, 2.45) is 5.92 Å². The normalized spacial score (nSPS) is 12.1. The molecule has 8 heteroatoms. The molecule has 0 aliphatic carbocycles. The molecular weight excluding hydrogens is 444 g/mol. The molecule has 0 unspecified atom stereocenters. The zero-order valence-electron chi connectivity index (χ0n) is 21.3. The number of amides is 1. The molecule has 2 heterocycles. The summed E-state index contributed by atoms with van der Waals surface area (Å²) in [4.78, 5) is 30.5. The van der Waals surface area contributed by atoms with Gasteiger partial charge < -0.3 is 24.7 Å². The smallest absolute Gasteiger partial charge is 0.356 e. The van der Waals surface area contributed by atoms with Gasteiger partial charge in [-0.15, -0.1) is 0 Å². The van der Waals surface area contributed by atoms with E-state index in [9.17, 15) is 9.59 Å². The summed E-state index contributed by atoms with van der Waals surface area (Å²) in [6.45, 7) is 7.26. The molecule has 0 saturated heterocycles. The van der Waals surface area contributed by atoms with E-state index in [0.717, 1.165) is 17.7 Å². The monoisotopic (exact) mass is 480 g/mol. The molecule has 0 aliphatic rings. The van der Waals surface area contributed by atoms with Gasteiger partial charge in [-0.05, 0) is 37.3 Å². The van der Waals surface area contributed by atoms with E-state index < -0.39 is 5.97 Å². The number of rotatable bonds is 12. The van der Waals surface area contributed by atoms with Gasteiger partial charge in [0, 0.05) is 31.5 Å². The Bertz CT molecular complexity index is 1140. The summed E-state index contributed by atoms with van der Waals surface area (Å²) in [6, 6.07) is 12.0. The lowest BCUT2D eigenvalue weighted by Crippen LogP contribution is -2.18. The Labute approximate surface area is 207 Å². The van der Waals surface area contributed by atoms with Crippen molar-refractivity contribution in [2.75, 3.05) is 31.5 Å². The predicted octanol–water partition coefficient (Wildman–Crippen LogP) is 4.89. The van der Waals surface area contributed by atoms with Gasteiger partial charge in [0.05, 0.1) is 31.3 Å². The van der Waals surface area contributed by atoms with Crippen molar-refractivity contribution in [3.8, 4) is 0 Å². The van der Waals surface area contributed by atoms with Crippen LogP contribution in [0.25, 0.3) is 11.0 Å². The SMILES string of the molecule is COCCn1c(C(=O)OC)c(NC(=O)CCc2ccccc2)c2cc(N[C@H](C)CC(C)C)cnc21. The molecule has 0 radical (unpaired) electrons. The molecule has 8 nitrogen and oxygen atoms in total. The Kier molecular flexibility index (Phi) is 9.25. The van der Waals surface area contributed by atoms with Crippen LogP contribution in [0.5, 0.6) is 0 Å². The minimum absolute atomic E-state index is 0.184. The van der Waals surface area contributed by atoms with Crippen LogP contribution < -0.4 is 10.6 Å². The van der Waals surface area contributed by atoms with Gasteiger partial charge in [0.15, 0.2) is 5.69 Å². The summed E-state index contributed by atoms with van der Waals surface area (Å²) in [6.07, 6.45) is 3.64. The highest BCUT2D eigenvalue weighted by molar-refractivity contribution is 6.11. The first-order valence-corrected chi connectivity index (χ1v) is 12.0. The van der Waals surface area contributed by atoms with Gasteiger partial charge in [-0.3, -0.25) is 4.79 Å².